The highest BCUT2D eigenvalue weighted by atomic mass is 28.4. The van der Waals surface area contributed by atoms with Gasteiger partial charge in [-0.1, -0.05) is 85.6 Å². The summed E-state index contributed by atoms with van der Waals surface area (Å²) < 4.78 is 8.77. The Balaban J connectivity index is 1.12. The van der Waals surface area contributed by atoms with E-state index in [2.05, 4.69) is 17.2 Å². The Kier molecular flexibility index (Phi) is 9.99. The van der Waals surface area contributed by atoms with Gasteiger partial charge in [-0.3, -0.25) is 14.3 Å². The summed E-state index contributed by atoms with van der Waals surface area (Å²) in [5.74, 6) is -0.484. The number of fused-ring (bicyclic) bond motifs is 2. The lowest BCUT2D eigenvalue weighted by atomic mass is 9.82. The Labute approximate surface area is 301 Å². The average Bonchev–Trinajstić information content (AvgIpc) is 3.77. The van der Waals surface area contributed by atoms with E-state index in [9.17, 15) is 19.5 Å². The third-order valence-electron chi connectivity index (χ3n) is 11.2. The van der Waals surface area contributed by atoms with Gasteiger partial charge in [0.25, 0.3) is 5.91 Å². The minimum Gasteiger partial charge on any atom is -0.432 e. The van der Waals surface area contributed by atoms with Gasteiger partial charge in [-0.15, -0.1) is 5.10 Å². The highest BCUT2D eigenvalue weighted by Gasteiger charge is 2.66. The van der Waals surface area contributed by atoms with Gasteiger partial charge in [-0.2, -0.15) is 0 Å². The largest absolute Gasteiger partial charge is 0.432 e. The Hall–Kier alpha value is -4.16. The molecule has 1 spiro atoms. The van der Waals surface area contributed by atoms with Gasteiger partial charge >= 0.3 is 0 Å². The molecule has 2 amide bonds. The lowest BCUT2D eigenvalue weighted by Gasteiger charge is -2.32. The smallest absolute Gasteiger partial charge is 0.264 e. The molecule has 51 heavy (non-hydrogen) atoms. The fourth-order valence-electron chi connectivity index (χ4n) is 8.75. The summed E-state index contributed by atoms with van der Waals surface area (Å²) in [5.41, 5.74) is 3.75. The maximum absolute atomic E-state index is 14.8. The summed E-state index contributed by atoms with van der Waals surface area (Å²) in [7, 11) is -2.83. The molecule has 2 saturated heterocycles. The van der Waals surface area contributed by atoms with Crippen LogP contribution in [0.5, 0.6) is 0 Å². The van der Waals surface area contributed by atoms with Crippen molar-refractivity contribution < 1.29 is 24.2 Å². The van der Waals surface area contributed by atoms with Gasteiger partial charge < -0.3 is 24.4 Å². The van der Waals surface area contributed by atoms with E-state index in [1.165, 1.54) is 0 Å². The third-order valence-corrected chi connectivity index (χ3v) is 13.7. The molecule has 1 aromatic heterocycles. The quantitative estimate of drug-likeness (QED) is 0.190. The van der Waals surface area contributed by atoms with Crippen molar-refractivity contribution >= 4 is 31.5 Å². The van der Waals surface area contributed by atoms with E-state index in [4.69, 9.17) is 4.74 Å². The van der Waals surface area contributed by atoms with Crippen molar-refractivity contribution in [3.63, 3.8) is 0 Å². The van der Waals surface area contributed by atoms with Crippen molar-refractivity contribution in [3.05, 3.63) is 107 Å². The molecule has 11 heteroatoms. The van der Waals surface area contributed by atoms with E-state index in [0.717, 1.165) is 60.3 Å². The first kappa shape index (κ1) is 35.2. The minimum atomic E-state index is -2.83. The molecule has 268 valence electrons. The first-order valence-corrected chi connectivity index (χ1v) is 21.4. The number of para-hydroxylation sites is 1. The maximum atomic E-state index is 14.8. The van der Waals surface area contributed by atoms with E-state index < -0.39 is 13.9 Å². The predicted molar refractivity (Wildman–Crippen MR) is 199 cm³/mol. The van der Waals surface area contributed by atoms with Crippen LogP contribution in [0.3, 0.4) is 0 Å². The monoisotopic (exact) mass is 707 g/mol. The number of benzene rings is 3. The Morgan fingerprint density at radius 2 is 1.69 bits per heavy atom. The van der Waals surface area contributed by atoms with Crippen LogP contribution < -0.4 is 9.80 Å². The van der Waals surface area contributed by atoms with Gasteiger partial charge in [0.15, 0.2) is 13.9 Å². The first-order chi connectivity index (χ1) is 24.6. The van der Waals surface area contributed by atoms with Crippen molar-refractivity contribution in [3.8, 4) is 0 Å². The van der Waals surface area contributed by atoms with Gasteiger partial charge in [0, 0.05) is 48.4 Å². The Morgan fingerprint density at radius 1 is 0.961 bits per heavy atom. The Bertz CT molecular complexity index is 1840. The van der Waals surface area contributed by atoms with Crippen LogP contribution in [0.4, 0.5) is 11.4 Å². The van der Waals surface area contributed by atoms with Crippen molar-refractivity contribution in [2.75, 3.05) is 23.0 Å². The number of aliphatic hydroxyl groups is 1. The van der Waals surface area contributed by atoms with Gasteiger partial charge in [0.05, 0.1) is 36.6 Å². The second kappa shape index (κ2) is 14.5. The highest BCUT2D eigenvalue weighted by Crippen LogP contribution is 2.59. The molecule has 10 nitrogen and oxygen atoms in total. The molecule has 1 unspecified atom stereocenters. The van der Waals surface area contributed by atoms with E-state index >= 15 is 0 Å². The molecule has 7 rings (SSSR count). The van der Waals surface area contributed by atoms with E-state index in [1.807, 2.05) is 108 Å². The molecule has 0 bridgehead atoms. The molecule has 2 N–H and O–H groups in total. The summed E-state index contributed by atoms with van der Waals surface area (Å²) in [6.07, 6.45) is 6.79. The number of hydrogen-bond donors (Lipinski definition) is 2. The number of carbonyl (C=O) groups is 2. The molecule has 3 aromatic carbocycles. The van der Waals surface area contributed by atoms with Crippen LogP contribution in [0.15, 0.2) is 85.1 Å². The number of aromatic nitrogens is 3. The number of nitrogens with zero attached hydrogens (tertiary/aromatic N) is 5. The highest BCUT2D eigenvalue weighted by molar-refractivity contribution is 6.71. The number of ether oxygens (including phenoxy) is 1. The number of rotatable bonds is 10. The molecule has 0 aliphatic carbocycles. The molecule has 4 heterocycles. The molecule has 2 fully saturated rings. The molecule has 3 aliphatic heterocycles. The second-order valence-electron chi connectivity index (χ2n) is 15.0. The average molecular weight is 708 g/mol. The van der Waals surface area contributed by atoms with Gasteiger partial charge in [-0.05, 0) is 61.7 Å². The van der Waals surface area contributed by atoms with Crippen LogP contribution in [-0.4, -0.2) is 64.3 Å². The fraction of sp³-hybridized carbons (Fsp3) is 0.450. The maximum Gasteiger partial charge on any atom is 0.264 e. The summed E-state index contributed by atoms with van der Waals surface area (Å²) in [4.78, 5) is 43.1. The van der Waals surface area contributed by atoms with E-state index in [-0.39, 0.29) is 41.9 Å². The number of aryl methyl sites for hydroxylation is 1. The minimum absolute atomic E-state index is 0.0822. The molecule has 4 aromatic rings. The van der Waals surface area contributed by atoms with Gasteiger partial charge in [0.2, 0.25) is 5.91 Å². The van der Waals surface area contributed by atoms with E-state index in [0.29, 0.717) is 31.6 Å². The summed E-state index contributed by atoms with van der Waals surface area (Å²) in [6, 6.07) is 25.7. The molecule has 5 atom stereocenters. The van der Waals surface area contributed by atoms with Crippen LogP contribution in [0.1, 0.15) is 73.8 Å². The van der Waals surface area contributed by atoms with Gasteiger partial charge in [-0.25, -0.2) is 0 Å². The lowest BCUT2D eigenvalue weighted by molar-refractivity contribution is -0.146. The fourth-order valence-corrected chi connectivity index (χ4v) is 11.4. The predicted octanol–water partition coefficient (Wildman–Crippen LogP) is 6.13. The number of anilines is 2. The SMILES string of the molecule is C[C@H]1[C@H]([Si](C)(C)O)[C@@H](CCn2cc(C(CO)c3ccccc3)nn2)O[C@]12C(=O)N(Cc1ccc(N3CCCCCCC3=O)cc1)c1ccccc12. The number of amides is 2. The van der Waals surface area contributed by atoms with Gasteiger partial charge in [0.1, 0.15) is 0 Å². The zero-order chi connectivity index (χ0) is 35.8. The standard InChI is InChI=1S/C40H49N5O5Si/c1-28-38(51(2,3)49)36(22-24-43-26-34(41-42-43)32(27-46)30-13-7-6-8-14-30)50-40(28)33-15-10-11-16-35(33)45(39(40)48)25-29-18-20-31(21-19-29)44-23-12-5-4-9-17-37(44)47/h6-8,10-11,13-16,18-21,26,28,32,36,38,46,49H,4-5,9,12,17,22-25,27H2,1-3H3/t28-,32?,36+,38-,40+/m0/s1. The number of carbonyl (C=O) groups excluding carboxylic acids is 2. The normalized spacial score (nSPS) is 24.5. The summed E-state index contributed by atoms with van der Waals surface area (Å²) in [5, 5.41) is 18.9. The van der Waals surface area contributed by atoms with Crippen molar-refractivity contribution in [1.29, 1.82) is 0 Å². The van der Waals surface area contributed by atoms with Crippen molar-refractivity contribution in [2.24, 2.45) is 5.92 Å². The van der Waals surface area contributed by atoms with Crippen molar-refractivity contribution in [2.45, 2.75) is 94.8 Å². The van der Waals surface area contributed by atoms with Crippen LogP contribution in [-0.2, 0) is 33.0 Å². The molecule has 3 aliphatic rings. The molecular weight excluding hydrogens is 659 g/mol. The number of hydrogen-bond acceptors (Lipinski definition) is 7. The summed E-state index contributed by atoms with van der Waals surface area (Å²) in [6.45, 7) is 7.43. The third kappa shape index (κ3) is 6.68. The second-order valence-corrected chi connectivity index (χ2v) is 19.0. The zero-order valence-corrected chi connectivity index (χ0v) is 30.8. The lowest BCUT2D eigenvalue weighted by Crippen LogP contribution is -2.46. The topological polar surface area (TPSA) is 121 Å². The molecule has 0 saturated carbocycles. The number of aliphatic hydroxyl groups excluding tert-OH is 1. The van der Waals surface area contributed by atoms with Crippen LogP contribution in [0.25, 0.3) is 0 Å². The first-order valence-electron chi connectivity index (χ1n) is 18.4. The van der Waals surface area contributed by atoms with Crippen LogP contribution >= 0.6 is 0 Å². The summed E-state index contributed by atoms with van der Waals surface area (Å²) >= 11 is 0. The zero-order valence-electron chi connectivity index (χ0n) is 29.8. The molecular formula is C40H49N5O5Si. The van der Waals surface area contributed by atoms with Crippen molar-refractivity contribution in [1.82, 2.24) is 15.0 Å². The van der Waals surface area contributed by atoms with Crippen LogP contribution in [0.2, 0.25) is 18.6 Å². The van der Waals surface area contributed by atoms with E-state index in [1.54, 1.807) is 4.68 Å². The molecule has 0 radical (unpaired) electrons. The van der Waals surface area contributed by atoms with Crippen LogP contribution in [0, 0.1) is 5.92 Å². The Morgan fingerprint density at radius 3 is 2.43 bits per heavy atom.